The van der Waals surface area contributed by atoms with Crippen molar-refractivity contribution in [2.24, 2.45) is 5.92 Å². The number of benzene rings is 1. The highest BCUT2D eigenvalue weighted by Gasteiger charge is 2.45. The number of hydrogen-bond donors (Lipinski definition) is 0. The van der Waals surface area contributed by atoms with Crippen molar-refractivity contribution in [3.63, 3.8) is 0 Å². The van der Waals surface area contributed by atoms with Crippen LogP contribution in [-0.4, -0.2) is 12.6 Å². The molecule has 0 spiro atoms. The first-order chi connectivity index (χ1) is 7.63. The highest BCUT2D eigenvalue weighted by molar-refractivity contribution is 9.10. The standard InChI is InChI=1S/C12H12BrFO2/c1-2-16-12(15)9-6-8(9)7-3-4-10(13)11(14)5-7/h3-5,8-9H,2,6H2,1H3/t8?,9-/m0/s1. The van der Waals surface area contributed by atoms with Crippen molar-refractivity contribution in [2.75, 3.05) is 6.61 Å². The van der Waals surface area contributed by atoms with Crippen LogP contribution in [0.2, 0.25) is 0 Å². The van der Waals surface area contributed by atoms with Crippen LogP contribution >= 0.6 is 15.9 Å². The van der Waals surface area contributed by atoms with Gasteiger partial charge in [-0.2, -0.15) is 0 Å². The van der Waals surface area contributed by atoms with E-state index in [2.05, 4.69) is 15.9 Å². The molecular weight excluding hydrogens is 275 g/mol. The van der Waals surface area contributed by atoms with E-state index in [1.165, 1.54) is 6.07 Å². The summed E-state index contributed by atoms with van der Waals surface area (Å²) in [7, 11) is 0. The molecule has 0 amide bonds. The fourth-order valence-electron chi connectivity index (χ4n) is 1.82. The van der Waals surface area contributed by atoms with Gasteiger partial charge in [-0.3, -0.25) is 4.79 Å². The number of carbonyl (C=O) groups excluding carboxylic acids is 1. The number of halogens is 2. The maximum Gasteiger partial charge on any atom is 0.309 e. The Hall–Kier alpha value is -0.900. The molecule has 2 atom stereocenters. The second-order valence-electron chi connectivity index (χ2n) is 3.87. The summed E-state index contributed by atoms with van der Waals surface area (Å²) >= 11 is 3.10. The van der Waals surface area contributed by atoms with Crippen molar-refractivity contribution >= 4 is 21.9 Å². The van der Waals surface area contributed by atoms with E-state index < -0.39 is 0 Å². The molecule has 0 aliphatic heterocycles. The number of hydrogen-bond acceptors (Lipinski definition) is 2. The van der Waals surface area contributed by atoms with Gasteiger partial charge < -0.3 is 4.74 Å². The molecule has 1 aromatic carbocycles. The number of carbonyl (C=O) groups is 1. The van der Waals surface area contributed by atoms with E-state index in [0.717, 1.165) is 12.0 Å². The van der Waals surface area contributed by atoms with Crippen LogP contribution < -0.4 is 0 Å². The highest BCUT2D eigenvalue weighted by Crippen LogP contribution is 2.48. The summed E-state index contributed by atoms with van der Waals surface area (Å²) in [6, 6.07) is 5.00. The van der Waals surface area contributed by atoms with Gasteiger partial charge in [-0.05, 0) is 52.9 Å². The third-order valence-electron chi connectivity index (χ3n) is 2.75. The normalized spacial score (nSPS) is 22.9. The molecule has 4 heteroatoms. The third-order valence-corrected chi connectivity index (χ3v) is 3.39. The van der Waals surface area contributed by atoms with Gasteiger partial charge in [0, 0.05) is 0 Å². The molecular formula is C12H12BrFO2. The van der Waals surface area contributed by atoms with Crippen molar-refractivity contribution in [1.82, 2.24) is 0 Å². The van der Waals surface area contributed by atoms with E-state index in [0.29, 0.717) is 11.1 Å². The van der Waals surface area contributed by atoms with Crippen LogP contribution in [0.3, 0.4) is 0 Å². The second kappa shape index (κ2) is 4.53. The van der Waals surface area contributed by atoms with Crippen molar-refractivity contribution in [3.05, 3.63) is 34.1 Å². The van der Waals surface area contributed by atoms with Crippen molar-refractivity contribution in [2.45, 2.75) is 19.3 Å². The molecule has 2 rings (SSSR count). The Kier molecular flexibility index (Phi) is 3.28. The van der Waals surface area contributed by atoms with Gasteiger partial charge in [0.05, 0.1) is 17.0 Å². The predicted molar refractivity (Wildman–Crippen MR) is 61.6 cm³/mol. The molecule has 0 N–H and O–H groups in total. The average Bonchev–Trinajstić information content (AvgIpc) is 3.02. The van der Waals surface area contributed by atoms with Crippen molar-refractivity contribution in [1.29, 1.82) is 0 Å². The lowest BCUT2D eigenvalue weighted by molar-refractivity contribution is -0.144. The van der Waals surface area contributed by atoms with E-state index in [4.69, 9.17) is 4.74 Å². The van der Waals surface area contributed by atoms with Crippen LogP contribution in [0.5, 0.6) is 0 Å². The Bertz CT molecular complexity index is 419. The summed E-state index contributed by atoms with van der Waals surface area (Å²) < 4.78 is 18.7. The zero-order valence-electron chi connectivity index (χ0n) is 8.87. The summed E-state index contributed by atoms with van der Waals surface area (Å²) in [4.78, 5) is 11.4. The summed E-state index contributed by atoms with van der Waals surface area (Å²) in [5.41, 5.74) is 0.874. The maximum atomic E-state index is 13.3. The van der Waals surface area contributed by atoms with Gasteiger partial charge in [0.1, 0.15) is 5.82 Å². The fraction of sp³-hybridized carbons (Fsp3) is 0.417. The fourth-order valence-corrected chi connectivity index (χ4v) is 2.06. The SMILES string of the molecule is CCOC(=O)[C@H]1CC1c1ccc(Br)c(F)c1. The molecule has 2 nitrogen and oxygen atoms in total. The Morgan fingerprint density at radius 2 is 2.38 bits per heavy atom. The molecule has 86 valence electrons. The molecule has 1 aliphatic rings. The van der Waals surface area contributed by atoms with Crippen LogP contribution in [0.1, 0.15) is 24.8 Å². The van der Waals surface area contributed by atoms with E-state index in [9.17, 15) is 9.18 Å². The molecule has 0 radical (unpaired) electrons. The maximum absolute atomic E-state index is 13.3. The van der Waals surface area contributed by atoms with Gasteiger partial charge in [0.2, 0.25) is 0 Å². The van der Waals surface area contributed by atoms with Crippen LogP contribution in [0.4, 0.5) is 4.39 Å². The van der Waals surface area contributed by atoms with Crippen LogP contribution in [0.25, 0.3) is 0 Å². The Morgan fingerprint density at radius 3 is 3.00 bits per heavy atom. The lowest BCUT2D eigenvalue weighted by Gasteiger charge is -2.02. The monoisotopic (exact) mass is 286 g/mol. The van der Waals surface area contributed by atoms with E-state index in [1.54, 1.807) is 13.0 Å². The van der Waals surface area contributed by atoms with Crippen molar-refractivity contribution < 1.29 is 13.9 Å². The number of ether oxygens (including phenoxy) is 1. The molecule has 0 saturated heterocycles. The van der Waals surface area contributed by atoms with E-state index >= 15 is 0 Å². The quantitative estimate of drug-likeness (QED) is 0.798. The first kappa shape index (κ1) is 11.6. The molecule has 0 heterocycles. The van der Waals surface area contributed by atoms with Gasteiger partial charge in [-0.1, -0.05) is 6.07 Å². The Balaban J connectivity index is 2.06. The molecule has 0 bridgehead atoms. The predicted octanol–water partition coefficient (Wildman–Crippen LogP) is 3.25. The summed E-state index contributed by atoms with van der Waals surface area (Å²) in [5, 5.41) is 0. The largest absolute Gasteiger partial charge is 0.466 e. The van der Waals surface area contributed by atoms with Crippen LogP contribution in [0, 0.1) is 11.7 Å². The molecule has 1 aromatic rings. The average molecular weight is 287 g/mol. The van der Waals surface area contributed by atoms with Gasteiger partial charge in [-0.15, -0.1) is 0 Å². The van der Waals surface area contributed by atoms with Gasteiger partial charge in [-0.25, -0.2) is 4.39 Å². The van der Waals surface area contributed by atoms with Crippen LogP contribution in [-0.2, 0) is 9.53 Å². The lowest BCUT2D eigenvalue weighted by Crippen LogP contribution is -2.07. The van der Waals surface area contributed by atoms with E-state index in [1.807, 2.05) is 6.07 Å². The lowest BCUT2D eigenvalue weighted by atomic mass is 10.1. The minimum Gasteiger partial charge on any atom is -0.466 e. The van der Waals surface area contributed by atoms with E-state index in [-0.39, 0.29) is 23.6 Å². The minimum absolute atomic E-state index is 0.0828. The summed E-state index contributed by atoms with van der Waals surface area (Å²) in [5.74, 6) is -0.412. The molecule has 0 aromatic heterocycles. The molecule has 1 unspecified atom stereocenters. The molecule has 16 heavy (non-hydrogen) atoms. The van der Waals surface area contributed by atoms with Crippen LogP contribution in [0.15, 0.2) is 22.7 Å². The first-order valence-corrected chi connectivity index (χ1v) is 6.04. The topological polar surface area (TPSA) is 26.3 Å². The third kappa shape index (κ3) is 2.26. The first-order valence-electron chi connectivity index (χ1n) is 5.25. The zero-order chi connectivity index (χ0) is 11.7. The number of esters is 1. The Morgan fingerprint density at radius 1 is 1.62 bits per heavy atom. The zero-order valence-corrected chi connectivity index (χ0v) is 10.5. The number of rotatable bonds is 3. The van der Waals surface area contributed by atoms with Crippen molar-refractivity contribution in [3.8, 4) is 0 Å². The van der Waals surface area contributed by atoms with Gasteiger partial charge in [0.25, 0.3) is 0 Å². The second-order valence-corrected chi connectivity index (χ2v) is 4.73. The summed E-state index contributed by atoms with van der Waals surface area (Å²) in [6.07, 6.45) is 0.764. The van der Waals surface area contributed by atoms with Gasteiger partial charge >= 0.3 is 5.97 Å². The highest BCUT2D eigenvalue weighted by atomic mass is 79.9. The Labute approximate surface area is 102 Å². The molecule has 1 aliphatic carbocycles. The molecule has 1 saturated carbocycles. The van der Waals surface area contributed by atoms with Gasteiger partial charge in [0.15, 0.2) is 0 Å². The summed E-state index contributed by atoms with van der Waals surface area (Å²) in [6.45, 7) is 2.19. The smallest absolute Gasteiger partial charge is 0.309 e. The molecule has 1 fully saturated rings. The minimum atomic E-state index is -0.285.